The van der Waals surface area contributed by atoms with Gasteiger partial charge in [0.25, 0.3) is 0 Å². The lowest BCUT2D eigenvalue weighted by molar-refractivity contribution is -0.119. The van der Waals surface area contributed by atoms with Crippen molar-refractivity contribution in [2.24, 2.45) is 11.7 Å². The van der Waals surface area contributed by atoms with Crippen LogP contribution in [0, 0.1) is 5.92 Å². The van der Waals surface area contributed by atoms with Gasteiger partial charge in [-0.05, 0) is 12.1 Å². The highest BCUT2D eigenvalue weighted by atomic mass is 16.3. The largest absolute Gasteiger partial charge is 0.508 e. The van der Waals surface area contributed by atoms with E-state index in [-0.39, 0.29) is 17.6 Å². The summed E-state index contributed by atoms with van der Waals surface area (Å²) in [6, 6.07) is 6.40. The predicted octanol–water partition coefficient (Wildman–Crippen LogP) is 0.925. The lowest BCUT2D eigenvalue weighted by Crippen LogP contribution is -2.26. The Kier molecular flexibility index (Phi) is 3.48. The predicted molar refractivity (Wildman–Crippen MR) is 55.0 cm³/mol. The summed E-state index contributed by atoms with van der Waals surface area (Å²) >= 11 is 0. The van der Waals surface area contributed by atoms with Crippen LogP contribution in [0.3, 0.4) is 0 Å². The molecule has 0 fully saturated rings. The molecule has 14 heavy (non-hydrogen) atoms. The highest BCUT2D eigenvalue weighted by Crippen LogP contribution is 2.15. The van der Waals surface area contributed by atoms with Crippen molar-refractivity contribution in [1.29, 1.82) is 0 Å². The first kappa shape index (κ1) is 10.5. The smallest absolute Gasteiger partial charge is 0.228 e. The Bertz CT molecular complexity index is 326. The maximum absolute atomic E-state index is 11.4. The summed E-state index contributed by atoms with van der Waals surface area (Å²) in [5, 5.41) is 11.8. The molecule has 1 aromatic carbocycles. The van der Waals surface area contributed by atoms with Gasteiger partial charge in [0.15, 0.2) is 0 Å². The first-order chi connectivity index (χ1) is 6.63. The molecule has 76 valence electrons. The number of hydrogen-bond donors (Lipinski definition) is 3. The van der Waals surface area contributed by atoms with E-state index in [1.54, 1.807) is 25.1 Å². The molecular formula is C10H14N2O2. The van der Waals surface area contributed by atoms with Crippen LogP contribution >= 0.6 is 0 Å². The van der Waals surface area contributed by atoms with Crippen molar-refractivity contribution in [2.75, 3.05) is 11.9 Å². The third-order valence-electron chi connectivity index (χ3n) is 1.91. The summed E-state index contributed by atoms with van der Waals surface area (Å²) < 4.78 is 0. The number of anilines is 1. The molecule has 1 rings (SSSR count). The lowest BCUT2D eigenvalue weighted by Gasteiger charge is -2.09. The van der Waals surface area contributed by atoms with E-state index in [9.17, 15) is 4.79 Å². The summed E-state index contributed by atoms with van der Waals surface area (Å²) in [6.45, 7) is 2.06. The first-order valence-electron chi connectivity index (χ1n) is 4.43. The molecule has 1 atom stereocenters. The normalized spacial score (nSPS) is 12.1. The Balaban J connectivity index is 2.65. The first-order valence-corrected chi connectivity index (χ1v) is 4.43. The highest BCUT2D eigenvalue weighted by Gasteiger charge is 2.10. The van der Waals surface area contributed by atoms with Gasteiger partial charge < -0.3 is 16.2 Å². The third kappa shape index (κ3) is 2.74. The fraction of sp³-hybridized carbons (Fsp3) is 0.300. The second-order valence-corrected chi connectivity index (χ2v) is 3.18. The number of amides is 1. The van der Waals surface area contributed by atoms with Crippen LogP contribution in [0.2, 0.25) is 0 Å². The Hall–Kier alpha value is -1.55. The van der Waals surface area contributed by atoms with Gasteiger partial charge in [0.05, 0.1) is 0 Å². The van der Waals surface area contributed by atoms with Gasteiger partial charge in [-0.25, -0.2) is 0 Å². The van der Waals surface area contributed by atoms with Gasteiger partial charge in [0, 0.05) is 24.2 Å². The van der Waals surface area contributed by atoms with Crippen molar-refractivity contribution in [2.45, 2.75) is 6.92 Å². The van der Waals surface area contributed by atoms with Crippen molar-refractivity contribution in [3.05, 3.63) is 24.3 Å². The monoisotopic (exact) mass is 194 g/mol. The summed E-state index contributed by atoms with van der Waals surface area (Å²) in [7, 11) is 0. The van der Waals surface area contributed by atoms with Gasteiger partial charge in [0.1, 0.15) is 5.75 Å². The molecule has 4 nitrogen and oxygen atoms in total. The number of carbonyl (C=O) groups is 1. The van der Waals surface area contributed by atoms with E-state index in [0.29, 0.717) is 12.2 Å². The van der Waals surface area contributed by atoms with E-state index in [1.807, 2.05) is 0 Å². The number of phenolic OH excluding ortho intramolecular Hbond substituents is 1. The van der Waals surface area contributed by atoms with Gasteiger partial charge in [0.2, 0.25) is 5.91 Å². The third-order valence-corrected chi connectivity index (χ3v) is 1.91. The number of aromatic hydroxyl groups is 1. The van der Waals surface area contributed by atoms with Crippen molar-refractivity contribution in [3.63, 3.8) is 0 Å². The van der Waals surface area contributed by atoms with Gasteiger partial charge in [-0.3, -0.25) is 4.79 Å². The van der Waals surface area contributed by atoms with Crippen LogP contribution in [-0.2, 0) is 4.79 Å². The summed E-state index contributed by atoms with van der Waals surface area (Å²) in [6.07, 6.45) is 0. The summed E-state index contributed by atoms with van der Waals surface area (Å²) in [4.78, 5) is 11.4. The van der Waals surface area contributed by atoms with Crippen LogP contribution in [0.1, 0.15) is 6.92 Å². The number of nitrogens with one attached hydrogen (secondary N) is 1. The number of rotatable bonds is 3. The Morgan fingerprint density at radius 3 is 2.93 bits per heavy atom. The van der Waals surface area contributed by atoms with Crippen LogP contribution in [0.15, 0.2) is 24.3 Å². The molecule has 0 aliphatic heterocycles. The van der Waals surface area contributed by atoms with Crippen molar-refractivity contribution < 1.29 is 9.90 Å². The Labute approximate surface area is 82.7 Å². The van der Waals surface area contributed by atoms with E-state index < -0.39 is 0 Å². The molecule has 0 bridgehead atoms. The van der Waals surface area contributed by atoms with Crippen molar-refractivity contribution >= 4 is 11.6 Å². The SMILES string of the molecule is CC(CN)C(=O)Nc1cccc(O)c1. The molecule has 1 unspecified atom stereocenters. The van der Waals surface area contributed by atoms with Gasteiger partial charge in [-0.2, -0.15) is 0 Å². The van der Waals surface area contributed by atoms with Crippen LogP contribution in [0.5, 0.6) is 5.75 Å². The molecule has 4 heteroatoms. The summed E-state index contributed by atoms with van der Waals surface area (Å²) in [5.41, 5.74) is 5.93. The van der Waals surface area contributed by atoms with Gasteiger partial charge in [-0.15, -0.1) is 0 Å². The molecule has 1 amide bonds. The van der Waals surface area contributed by atoms with Crippen molar-refractivity contribution in [3.8, 4) is 5.75 Å². The average Bonchev–Trinajstić information content (AvgIpc) is 2.16. The molecule has 0 heterocycles. The number of phenols is 1. The standard InChI is InChI=1S/C10H14N2O2/c1-7(6-11)10(14)12-8-3-2-4-9(13)5-8/h2-5,7,13H,6,11H2,1H3,(H,12,14). The van der Waals surface area contributed by atoms with Crippen LogP contribution in [-0.4, -0.2) is 17.6 Å². The fourth-order valence-electron chi connectivity index (χ4n) is 0.956. The maximum Gasteiger partial charge on any atom is 0.228 e. The number of nitrogens with two attached hydrogens (primary N) is 1. The number of carbonyl (C=O) groups excluding carboxylic acids is 1. The minimum absolute atomic E-state index is 0.128. The number of hydrogen-bond acceptors (Lipinski definition) is 3. The average molecular weight is 194 g/mol. The van der Waals surface area contributed by atoms with E-state index in [4.69, 9.17) is 10.8 Å². The zero-order valence-electron chi connectivity index (χ0n) is 8.03. The second-order valence-electron chi connectivity index (χ2n) is 3.18. The topological polar surface area (TPSA) is 75.4 Å². The Morgan fingerprint density at radius 2 is 2.36 bits per heavy atom. The molecule has 0 saturated heterocycles. The quantitative estimate of drug-likeness (QED) is 0.670. The molecule has 0 aromatic heterocycles. The van der Waals surface area contributed by atoms with Crippen molar-refractivity contribution in [1.82, 2.24) is 0 Å². The zero-order chi connectivity index (χ0) is 10.6. The van der Waals surface area contributed by atoms with Crippen LogP contribution in [0.25, 0.3) is 0 Å². The summed E-state index contributed by atoms with van der Waals surface area (Å²) in [5.74, 6) is -0.237. The highest BCUT2D eigenvalue weighted by molar-refractivity contribution is 5.92. The maximum atomic E-state index is 11.4. The minimum atomic E-state index is -0.225. The number of benzene rings is 1. The van der Waals surface area contributed by atoms with E-state index >= 15 is 0 Å². The Morgan fingerprint density at radius 1 is 1.64 bits per heavy atom. The van der Waals surface area contributed by atoms with Crippen LogP contribution < -0.4 is 11.1 Å². The molecule has 1 aromatic rings. The molecule has 0 aliphatic carbocycles. The minimum Gasteiger partial charge on any atom is -0.508 e. The molecule has 4 N–H and O–H groups in total. The van der Waals surface area contributed by atoms with Crippen LogP contribution in [0.4, 0.5) is 5.69 Å². The van der Waals surface area contributed by atoms with E-state index in [0.717, 1.165) is 0 Å². The van der Waals surface area contributed by atoms with Gasteiger partial charge >= 0.3 is 0 Å². The molecular weight excluding hydrogens is 180 g/mol. The lowest BCUT2D eigenvalue weighted by atomic mass is 10.1. The molecule has 0 aliphatic rings. The van der Waals surface area contributed by atoms with Gasteiger partial charge in [-0.1, -0.05) is 13.0 Å². The fourth-order valence-corrected chi connectivity index (χ4v) is 0.956. The molecule has 0 radical (unpaired) electrons. The van der Waals surface area contributed by atoms with E-state index in [2.05, 4.69) is 5.32 Å². The zero-order valence-corrected chi connectivity index (χ0v) is 8.03. The second kappa shape index (κ2) is 4.62. The van der Waals surface area contributed by atoms with E-state index in [1.165, 1.54) is 6.07 Å². The molecule has 0 saturated carbocycles. The molecule has 0 spiro atoms.